The van der Waals surface area contributed by atoms with Gasteiger partial charge in [0, 0.05) is 23.2 Å². The fourth-order valence-electron chi connectivity index (χ4n) is 1.58. The van der Waals surface area contributed by atoms with Crippen molar-refractivity contribution in [2.45, 2.75) is 19.2 Å². The van der Waals surface area contributed by atoms with Gasteiger partial charge in [0.2, 0.25) is 0 Å². The molecular formula is C12H15NOS. The molecule has 15 heavy (non-hydrogen) atoms. The summed E-state index contributed by atoms with van der Waals surface area (Å²) in [6.07, 6.45) is 1.85. The average Bonchev–Trinajstić information content (AvgIpc) is 2.68. The smallest absolute Gasteiger partial charge is 0.134 e. The molecule has 1 heterocycles. The van der Waals surface area contributed by atoms with Crippen LogP contribution in [-0.2, 0) is 12.3 Å². The van der Waals surface area contributed by atoms with Crippen LogP contribution in [0.3, 0.4) is 0 Å². The first-order valence-electron chi connectivity index (χ1n) is 5.12. The second-order valence-electron chi connectivity index (χ2n) is 3.43. The maximum atomic E-state index is 5.58. The van der Waals surface area contributed by atoms with Crippen LogP contribution >= 0.6 is 11.8 Å². The lowest BCUT2D eigenvalue weighted by molar-refractivity contribution is 0.612. The quantitative estimate of drug-likeness (QED) is 0.862. The van der Waals surface area contributed by atoms with E-state index in [0.717, 1.165) is 22.7 Å². The van der Waals surface area contributed by atoms with Crippen LogP contribution in [0, 0.1) is 0 Å². The maximum absolute atomic E-state index is 5.58. The lowest BCUT2D eigenvalue weighted by Gasteiger charge is -1.98. The molecule has 0 atom stereocenters. The number of nitrogens with two attached hydrogens (primary N) is 1. The molecule has 2 nitrogen and oxygen atoms in total. The van der Waals surface area contributed by atoms with Crippen LogP contribution in [0.4, 0.5) is 0 Å². The summed E-state index contributed by atoms with van der Waals surface area (Å²) in [7, 11) is 0. The molecule has 1 aromatic heterocycles. The number of benzene rings is 1. The van der Waals surface area contributed by atoms with Crippen LogP contribution in [0.25, 0.3) is 11.0 Å². The predicted octanol–water partition coefficient (Wildman–Crippen LogP) is 3.14. The van der Waals surface area contributed by atoms with Gasteiger partial charge in [-0.15, -0.1) is 0 Å². The van der Waals surface area contributed by atoms with Crippen molar-refractivity contribution in [1.29, 1.82) is 0 Å². The summed E-state index contributed by atoms with van der Waals surface area (Å²) in [5, 5.41) is 1.22. The van der Waals surface area contributed by atoms with Gasteiger partial charge in [0.05, 0.1) is 6.26 Å². The highest BCUT2D eigenvalue weighted by molar-refractivity contribution is 7.98. The molecule has 0 aliphatic carbocycles. The summed E-state index contributed by atoms with van der Waals surface area (Å²) in [4.78, 5) is 0. The molecule has 0 saturated heterocycles. The zero-order valence-electron chi connectivity index (χ0n) is 8.82. The van der Waals surface area contributed by atoms with E-state index in [1.54, 1.807) is 0 Å². The lowest BCUT2D eigenvalue weighted by Crippen LogP contribution is -1.94. The fraction of sp³-hybridized carbons (Fsp3) is 0.333. The molecule has 2 rings (SSSR count). The molecule has 0 aliphatic rings. The third-order valence-electron chi connectivity index (χ3n) is 2.42. The average molecular weight is 221 g/mol. The first kappa shape index (κ1) is 10.6. The summed E-state index contributed by atoms with van der Waals surface area (Å²) in [5.41, 5.74) is 8.93. The van der Waals surface area contributed by atoms with Crippen molar-refractivity contribution >= 4 is 22.7 Å². The number of hydrogen-bond donors (Lipinski definition) is 1. The van der Waals surface area contributed by atoms with Crippen molar-refractivity contribution in [3.05, 3.63) is 35.6 Å². The number of thioether (sulfide) groups is 1. The van der Waals surface area contributed by atoms with E-state index in [1.165, 1.54) is 10.9 Å². The minimum absolute atomic E-state index is 0.565. The van der Waals surface area contributed by atoms with Gasteiger partial charge in [0.25, 0.3) is 0 Å². The molecule has 2 N–H and O–H groups in total. The molecule has 0 aliphatic heterocycles. The highest BCUT2D eigenvalue weighted by atomic mass is 32.2. The van der Waals surface area contributed by atoms with Crippen LogP contribution in [-0.4, -0.2) is 5.75 Å². The second kappa shape index (κ2) is 4.73. The van der Waals surface area contributed by atoms with Crippen molar-refractivity contribution in [2.24, 2.45) is 5.73 Å². The highest BCUT2D eigenvalue weighted by Crippen LogP contribution is 2.25. The summed E-state index contributed by atoms with van der Waals surface area (Å²) in [6, 6.07) is 6.19. The van der Waals surface area contributed by atoms with Crippen LogP contribution in [0.15, 0.2) is 28.9 Å². The van der Waals surface area contributed by atoms with Crippen LogP contribution in [0.1, 0.15) is 18.1 Å². The lowest BCUT2D eigenvalue weighted by atomic mass is 10.1. The molecule has 0 fully saturated rings. The van der Waals surface area contributed by atoms with Crippen LogP contribution in [0.2, 0.25) is 0 Å². The van der Waals surface area contributed by atoms with Gasteiger partial charge in [-0.2, -0.15) is 11.8 Å². The van der Waals surface area contributed by atoms with Gasteiger partial charge in [-0.05, 0) is 17.4 Å². The minimum Gasteiger partial charge on any atom is -0.464 e. The van der Waals surface area contributed by atoms with Gasteiger partial charge in [0.1, 0.15) is 5.58 Å². The fourth-order valence-corrected chi connectivity index (χ4v) is 2.23. The molecule has 0 unspecified atom stereocenters. The highest BCUT2D eigenvalue weighted by Gasteiger charge is 2.05. The molecule has 2 aromatic rings. The predicted molar refractivity (Wildman–Crippen MR) is 65.9 cm³/mol. The Balaban J connectivity index is 2.34. The molecule has 0 spiro atoms. The van der Waals surface area contributed by atoms with Gasteiger partial charge in [-0.3, -0.25) is 0 Å². The number of hydrogen-bond acceptors (Lipinski definition) is 3. The first-order chi connectivity index (χ1) is 7.35. The van der Waals surface area contributed by atoms with Gasteiger partial charge in [0.15, 0.2) is 0 Å². The van der Waals surface area contributed by atoms with E-state index < -0.39 is 0 Å². The van der Waals surface area contributed by atoms with E-state index in [2.05, 4.69) is 19.1 Å². The van der Waals surface area contributed by atoms with Crippen molar-refractivity contribution in [3.8, 4) is 0 Å². The van der Waals surface area contributed by atoms with Gasteiger partial charge < -0.3 is 10.2 Å². The molecule has 1 aromatic carbocycles. The Labute approximate surface area is 93.8 Å². The number of furan rings is 1. The Morgan fingerprint density at radius 2 is 2.27 bits per heavy atom. The maximum Gasteiger partial charge on any atom is 0.134 e. The summed E-state index contributed by atoms with van der Waals surface area (Å²) >= 11 is 1.91. The van der Waals surface area contributed by atoms with E-state index in [9.17, 15) is 0 Å². The Bertz CT molecular complexity index is 450. The number of fused-ring (bicyclic) bond motifs is 1. The van der Waals surface area contributed by atoms with Crippen molar-refractivity contribution in [1.82, 2.24) is 0 Å². The summed E-state index contributed by atoms with van der Waals surface area (Å²) in [5.74, 6) is 2.15. The van der Waals surface area contributed by atoms with Crippen LogP contribution < -0.4 is 5.73 Å². The topological polar surface area (TPSA) is 39.2 Å². The Morgan fingerprint density at radius 3 is 3.00 bits per heavy atom. The Hall–Kier alpha value is -0.930. The van der Waals surface area contributed by atoms with Crippen molar-refractivity contribution < 1.29 is 4.42 Å². The van der Waals surface area contributed by atoms with E-state index >= 15 is 0 Å². The third-order valence-corrected chi connectivity index (χ3v) is 3.34. The first-order valence-corrected chi connectivity index (χ1v) is 6.27. The summed E-state index contributed by atoms with van der Waals surface area (Å²) < 4.78 is 5.52. The van der Waals surface area contributed by atoms with Crippen molar-refractivity contribution in [3.63, 3.8) is 0 Å². The standard InChI is InChI=1S/C12H15NOS/c1-2-15-8-10-7-14-12-5-9(6-13)3-4-11(10)12/h3-5,7H,2,6,8,13H2,1H3. The summed E-state index contributed by atoms with van der Waals surface area (Å²) in [6.45, 7) is 2.73. The monoisotopic (exact) mass is 221 g/mol. The SMILES string of the molecule is CCSCc1coc2cc(CN)ccc12. The Morgan fingerprint density at radius 1 is 1.40 bits per heavy atom. The van der Waals surface area contributed by atoms with E-state index in [4.69, 9.17) is 10.2 Å². The molecule has 80 valence electrons. The zero-order valence-corrected chi connectivity index (χ0v) is 9.64. The molecule has 0 saturated carbocycles. The van der Waals surface area contributed by atoms with Gasteiger partial charge in [-0.25, -0.2) is 0 Å². The van der Waals surface area contributed by atoms with Crippen molar-refractivity contribution in [2.75, 3.05) is 5.75 Å². The zero-order chi connectivity index (χ0) is 10.7. The van der Waals surface area contributed by atoms with E-state index in [0.29, 0.717) is 6.54 Å². The number of rotatable bonds is 4. The molecular weight excluding hydrogens is 206 g/mol. The third kappa shape index (κ3) is 2.19. The van der Waals surface area contributed by atoms with E-state index in [-0.39, 0.29) is 0 Å². The van der Waals surface area contributed by atoms with Gasteiger partial charge >= 0.3 is 0 Å². The molecule has 0 amide bonds. The van der Waals surface area contributed by atoms with E-state index in [1.807, 2.05) is 24.1 Å². The second-order valence-corrected chi connectivity index (χ2v) is 4.71. The minimum atomic E-state index is 0.565. The normalized spacial score (nSPS) is 11.1. The Kier molecular flexibility index (Phi) is 3.34. The molecule has 3 heteroatoms. The van der Waals surface area contributed by atoms with Gasteiger partial charge in [-0.1, -0.05) is 19.1 Å². The molecule has 0 radical (unpaired) electrons. The molecule has 0 bridgehead atoms. The largest absolute Gasteiger partial charge is 0.464 e. The van der Waals surface area contributed by atoms with Crippen LogP contribution in [0.5, 0.6) is 0 Å².